The summed E-state index contributed by atoms with van der Waals surface area (Å²) in [6.07, 6.45) is 0.469. The normalized spacial score (nSPS) is 10.8. The van der Waals surface area contributed by atoms with Crippen molar-refractivity contribution in [1.29, 1.82) is 0 Å². The topological polar surface area (TPSA) is 94.3 Å². The highest BCUT2D eigenvalue weighted by molar-refractivity contribution is 7.16. The summed E-state index contributed by atoms with van der Waals surface area (Å²) in [5, 5.41) is 7.30. The zero-order valence-corrected chi connectivity index (χ0v) is 17.7. The molecule has 1 amide bonds. The van der Waals surface area contributed by atoms with Crippen LogP contribution >= 0.6 is 11.3 Å². The van der Waals surface area contributed by atoms with Gasteiger partial charge in [0.05, 0.1) is 12.2 Å². The van der Waals surface area contributed by atoms with Crippen molar-refractivity contribution in [2.24, 2.45) is 0 Å². The zero-order valence-electron chi connectivity index (χ0n) is 16.9. The van der Waals surface area contributed by atoms with Gasteiger partial charge in [-0.05, 0) is 33.3 Å². The van der Waals surface area contributed by atoms with Crippen molar-refractivity contribution in [3.63, 3.8) is 0 Å². The van der Waals surface area contributed by atoms with Gasteiger partial charge < -0.3 is 14.6 Å². The summed E-state index contributed by atoms with van der Waals surface area (Å²) in [4.78, 5) is 29.9. The third kappa shape index (κ3) is 4.89. The molecule has 7 nitrogen and oxygen atoms in total. The van der Waals surface area contributed by atoms with Crippen LogP contribution in [0.25, 0.3) is 11.4 Å². The van der Waals surface area contributed by atoms with Crippen LogP contribution in [0.15, 0.2) is 28.8 Å². The Morgan fingerprint density at radius 3 is 2.59 bits per heavy atom. The number of benzene rings is 1. The molecule has 0 atom stereocenters. The van der Waals surface area contributed by atoms with Crippen LogP contribution < -0.4 is 5.32 Å². The summed E-state index contributed by atoms with van der Waals surface area (Å²) in [5.74, 6) is 0.227. The van der Waals surface area contributed by atoms with E-state index in [1.807, 2.05) is 45.0 Å². The van der Waals surface area contributed by atoms with Gasteiger partial charge in [-0.25, -0.2) is 4.79 Å². The number of thiophene rings is 1. The molecular weight excluding hydrogens is 390 g/mol. The summed E-state index contributed by atoms with van der Waals surface area (Å²) >= 11 is 1.36. The van der Waals surface area contributed by atoms with Crippen LogP contribution in [0.2, 0.25) is 0 Å². The second-order valence-electron chi connectivity index (χ2n) is 6.63. The van der Waals surface area contributed by atoms with Gasteiger partial charge in [-0.3, -0.25) is 4.79 Å². The summed E-state index contributed by atoms with van der Waals surface area (Å²) in [6, 6.07) is 7.81. The van der Waals surface area contributed by atoms with Crippen molar-refractivity contribution in [3.8, 4) is 11.4 Å². The number of hydrogen-bond acceptors (Lipinski definition) is 7. The monoisotopic (exact) mass is 413 g/mol. The Hall–Kier alpha value is -3.00. The number of nitrogens with one attached hydrogen (secondary N) is 1. The molecule has 8 heteroatoms. The molecule has 1 aromatic carbocycles. The third-order valence-corrected chi connectivity index (χ3v) is 5.58. The molecule has 0 aliphatic rings. The summed E-state index contributed by atoms with van der Waals surface area (Å²) < 4.78 is 10.4. The predicted octanol–water partition coefficient (Wildman–Crippen LogP) is 4.47. The minimum Gasteiger partial charge on any atom is -0.462 e. The molecule has 2 heterocycles. The van der Waals surface area contributed by atoms with Crippen molar-refractivity contribution in [2.45, 2.75) is 40.5 Å². The maximum absolute atomic E-state index is 12.4. The van der Waals surface area contributed by atoms with E-state index in [1.54, 1.807) is 6.92 Å². The number of amides is 1. The summed E-state index contributed by atoms with van der Waals surface area (Å²) in [7, 11) is 0. The van der Waals surface area contributed by atoms with Crippen molar-refractivity contribution >= 4 is 28.2 Å². The molecule has 0 aliphatic heterocycles. The molecule has 2 aromatic heterocycles. The average molecular weight is 413 g/mol. The SMILES string of the molecule is CCOC(=O)c1c(NC(=O)CCc2nc(-c3ccc(C)cc3)no2)sc(C)c1C. The van der Waals surface area contributed by atoms with Gasteiger partial charge in [0.1, 0.15) is 5.00 Å². The minimum absolute atomic E-state index is 0.161. The number of nitrogens with zero attached hydrogens (tertiary/aromatic N) is 2. The fourth-order valence-electron chi connectivity index (χ4n) is 2.75. The Kier molecular flexibility index (Phi) is 6.43. The lowest BCUT2D eigenvalue weighted by molar-refractivity contribution is -0.116. The second kappa shape index (κ2) is 9.00. The average Bonchev–Trinajstić information content (AvgIpc) is 3.26. The maximum Gasteiger partial charge on any atom is 0.341 e. The first-order valence-electron chi connectivity index (χ1n) is 9.35. The van der Waals surface area contributed by atoms with Crippen LogP contribution in [0.5, 0.6) is 0 Å². The van der Waals surface area contributed by atoms with Crippen LogP contribution in [-0.4, -0.2) is 28.6 Å². The van der Waals surface area contributed by atoms with Crippen LogP contribution in [-0.2, 0) is 16.0 Å². The zero-order chi connectivity index (χ0) is 21.0. The van der Waals surface area contributed by atoms with E-state index in [1.165, 1.54) is 11.3 Å². The molecule has 152 valence electrons. The molecule has 0 bridgehead atoms. The highest BCUT2D eigenvalue weighted by Gasteiger charge is 2.22. The lowest BCUT2D eigenvalue weighted by atomic mass is 10.1. The first-order valence-corrected chi connectivity index (χ1v) is 10.2. The molecule has 0 saturated heterocycles. The highest BCUT2D eigenvalue weighted by Crippen LogP contribution is 2.33. The van der Waals surface area contributed by atoms with Crippen LogP contribution in [0.1, 0.15) is 45.6 Å². The van der Waals surface area contributed by atoms with Gasteiger partial charge in [-0.2, -0.15) is 4.98 Å². The molecule has 29 heavy (non-hydrogen) atoms. The minimum atomic E-state index is -0.427. The number of anilines is 1. The molecular formula is C21H23N3O4S. The van der Waals surface area contributed by atoms with Crippen LogP contribution in [0.3, 0.4) is 0 Å². The molecule has 3 aromatic rings. The second-order valence-corrected chi connectivity index (χ2v) is 7.86. The number of aromatic nitrogens is 2. The number of rotatable bonds is 7. The number of hydrogen-bond donors (Lipinski definition) is 1. The molecule has 3 rings (SSSR count). The summed E-state index contributed by atoms with van der Waals surface area (Å²) in [5.41, 5.74) is 3.25. The van der Waals surface area contributed by atoms with Crippen molar-refractivity contribution in [3.05, 3.63) is 51.7 Å². The highest BCUT2D eigenvalue weighted by atomic mass is 32.1. The van der Waals surface area contributed by atoms with E-state index in [-0.39, 0.29) is 18.9 Å². The van der Waals surface area contributed by atoms with Crippen LogP contribution in [0.4, 0.5) is 5.00 Å². The fraction of sp³-hybridized carbons (Fsp3) is 0.333. The number of esters is 1. The largest absolute Gasteiger partial charge is 0.462 e. The quantitative estimate of drug-likeness (QED) is 0.574. The Labute approximate surface area is 173 Å². The van der Waals surface area contributed by atoms with Crippen molar-refractivity contribution in [1.82, 2.24) is 10.1 Å². The standard InChI is InChI=1S/C21H23N3O4S/c1-5-27-21(26)18-13(3)14(4)29-20(18)22-16(25)10-11-17-23-19(24-28-17)15-8-6-12(2)7-9-15/h6-9H,5,10-11H2,1-4H3,(H,22,25). The third-order valence-electron chi connectivity index (χ3n) is 4.46. The van der Waals surface area contributed by atoms with E-state index >= 15 is 0 Å². The van der Waals surface area contributed by atoms with Gasteiger partial charge in [0.15, 0.2) is 0 Å². The molecule has 0 fully saturated rings. The van der Waals surface area contributed by atoms with E-state index < -0.39 is 5.97 Å². The molecule has 0 unspecified atom stereocenters. The smallest absolute Gasteiger partial charge is 0.341 e. The number of carbonyl (C=O) groups excluding carboxylic acids is 2. The van der Waals surface area contributed by atoms with E-state index in [2.05, 4.69) is 15.5 Å². The van der Waals surface area contributed by atoms with Gasteiger partial charge in [-0.1, -0.05) is 35.0 Å². The van der Waals surface area contributed by atoms with E-state index in [4.69, 9.17) is 9.26 Å². The molecule has 1 N–H and O–H groups in total. The number of aryl methyl sites for hydroxylation is 3. The van der Waals surface area contributed by atoms with Gasteiger partial charge in [0.25, 0.3) is 0 Å². The lowest BCUT2D eigenvalue weighted by Gasteiger charge is -2.06. The predicted molar refractivity (Wildman–Crippen MR) is 111 cm³/mol. The van der Waals surface area contributed by atoms with Gasteiger partial charge in [0, 0.05) is 23.3 Å². The fourth-order valence-corrected chi connectivity index (χ4v) is 3.81. The Balaban J connectivity index is 1.63. The van der Waals surface area contributed by atoms with Gasteiger partial charge >= 0.3 is 5.97 Å². The molecule has 0 spiro atoms. The number of carbonyl (C=O) groups is 2. The molecule has 0 saturated carbocycles. The van der Waals surface area contributed by atoms with E-state index in [0.717, 1.165) is 21.6 Å². The first kappa shape index (κ1) is 20.7. The van der Waals surface area contributed by atoms with Crippen molar-refractivity contribution < 1.29 is 18.8 Å². The van der Waals surface area contributed by atoms with Crippen molar-refractivity contribution in [2.75, 3.05) is 11.9 Å². The van der Waals surface area contributed by atoms with Gasteiger partial charge in [0.2, 0.25) is 17.6 Å². The van der Waals surface area contributed by atoms with Gasteiger partial charge in [-0.15, -0.1) is 11.3 Å². The van der Waals surface area contributed by atoms with E-state index in [0.29, 0.717) is 28.7 Å². The Morgan fingerprint density at radius 1 is 1.17 bits per heavy atom. The maximum atomic E-state index is 12.4. The first-order chi connectivity index (χ1) is 13.9. The number of ether oxygens (including phenoxy) is 1. The molecule has 0 aliphatic carbocycles. The lowest BCUT2D eigenvalue weighted by Crippen LogP contribution is -2.15. The van der Waals surface area contributed by atoms with E-state index in [9.17, 15) is 9.59 Å². The Morgan fingerprint density at radius 2 is 1.90 bits per heavy atom. The molecule has 0 radical (unpaired) electrons. The summed E-state index contributed by atoms with van der Waals surface area (Å²) in [6.45, 7) is 7.79. The Bertz CT molecular complexity index is 1020. The van der Waals surface area contributed by atoms with Crippen LogP contribution in [0, 0.1) is 20.8 Å².